The lowest BCUT2D eigenvalue weighted by atomic mass is 10.3. The van der Waals surface area contributed by atoms with Gasteiger partial charge in [-0.3, -0.25) is 0 Å². The molecule has 5 heteroatoms. The fraction of sp³-hybridized carbons (Fsp3) is 0.444. The number of hydrogen-bond donors (Lipinski definition) is 2. The van der Waals surface area contributed by atoms with Crippen molar-refractivity contribution >= 4 is 29.1 Å². The first-order valence-corrected chi connectivity index (χ1v) is 6.19. The molecule has 0 aliphatic rings. The zero-order chi connectivity index (χ0) is 10.6. The molecule has 0 aliphatic heterocycles. The van der Waals surface area contributed by atoms with Crippen molar-refractivity contribution in [3.8, 4) is 0 Å². The number of carbonyl (C=O) groups is 1. The monoisotopic (exact) mass is 231 g/mol. The van der Waals surface area contributed by atoms with E-state index < -0.39 is 5.97 Å². The number of thioether (sulfide) groups is 1. The van der Waals surface area contributed by atoms with E-state index in [0.717, 1.165) is 11.3 Å². The van der Waals surface area contributed by atoms with Crippen LogP contribution in [0, 0.1) is 0 Å². The second-order valence-electron chi connectivity index (χ2n) is 2.94. The van der Waals surface area contributed by atoms with Crippen molar-refractivity contribution in [1.29, 1.82) is 0 Å². The number of carboxylic acids is 1. The van der Waals surface area contributed by atoms with Crippen molar-refractivity contribution in [2.24, 2.45) is 5.73 Å². The average Bonchev–Trinajstić information content (AvgIpc) is 2.62. The van der Waals surface area contributed by atoms with Crippen LogP contribution in [0.15, 0.2) is 11.4 Å². The van der Waals surface area contributed by atoms with Crippen molar-refractivity contribution < 1.29 is 9.90 Å². The molecule has 0 fully saturated rings. The molecule has 1 rings (SSSR count). The Labute approximate surface area is 91.3 Å². The normalized spacial score (nSPS) is 12.7. The Hall–Kier alpha value is -0.520. The van der Waals surface area contributed by atoms with E-state index in [1.165, 1.54) is 11.3 Å². The summed E-state index contributed by atoms with van der Waals surface area (Å²) in [6, 6.07) is 1.87. The molecular weight excluding hydrogens is 218 g/mol. The largest absolute Gasteiger partial charge is 0.477 e. The SMILES string of the molecule is CC(CN)SCc1ccsc1C(=O)O. The minimum absolute atomic E-state index is 0.372. The van der Waals surface area contributed by atoms with Gasteiger partial charge in [0.1, 0.15) is 4.88 Å². The summed E-state index contributed by atoms with van der Waals surface area (Å²) in [7, 11) is 0. The van der Waals surface area contributed by atoms with Crippen molar-refractivity contribution in [2.45, 2.75) is 17.9 Å². The molecule has 0 radical (unpaired) electrons. The van der Waals surface area contributed by atoms with Crippen LogP contribution in [0.3, 0.4) is 0 Å². The molecule has 1 heterocycles. The van der Waals surface area contributed by atoms with Crippen LogP contribution in [-0.4, -0.2) is 22.9 Å². The average molecular weight is 231 g/mol. The maximum atomic E-state index is 10.8. The molecule has 1 unspecified atom stereocenters. The summed E-state index contributed by atoms with van der Waals surface area (Å²) >= 11 is 2.96. The molecule has 0 amide bonds. The fourth-order valence-electron chi connectivity index (χ4n) is 0.937. The van der Waals surface area contributed by atoms with Gasteiger partial charge in [-0.05, 0) is 17.0 Å². The molecule has 1 aromatic heterocycles. The number of nitrogens with two attached hydrogens (primary N) is 1. The van der Waals surface area contributed by atoms with Gasteiger partial charge in [-0.1, -0.05) is 6.92 Å². The zero-order valence-electron chi connectivity index (χ0n) is 7.90. The highest BCUT2D eigenvalue weighted by atomic mass is 32.2. The number of thiophene rings is 1. The van der Waals surface area contributed by atoms with Crippen LogP contribution in [0.2, 0.25) is 0 Å². The Morgan fingerprint density at radius 2 is 2.50 bits per heavy atom. The number of hydrogen-bond acceptors (Lipinski definition) is 4. The van der Waals surface area contributed by atoms with Crippen LogP contribution in [-0.2, 0) is 5.75 Å². The Balaban J connectivity index is 2.58. The minimum atomic E-state index is -0.837. The maximum Gasteiger partial charge on any atom is 0.346 e. The predicted octanol–water partition coefficient (Wildman–Crippen LogP) is 2.03. The lowest BCUT2D eigenvalue weighted by Crippen LogP contribution is -2.12. The Bertz CT molecular complexity index is 312. The molecule has 0 saturated heterocycles. The van der Waals surface area contributed by atoms with Crippen molar-refractivity contribution in [3.05, 3.63) is 21.9 Å². The summed E-state index contributed by atoms with van der Waals surface area (Å²) in [5.74, 6) is -0.111. The molecule has 78 valence electrons. The van der Waals surface area contributed by atoms with Crippen LogP contribution < -0.4 is 5.73 Å². The van der Waals surface area contributed by atoms with Crippen LogP contribution in [0.1, 0.15) is 22.2 Å². The number of carboxylic acid groups (broad SMARTS) is 1. The molecular formula is C9H13NO2S2. The molecule has 14 heavy (non-hydrogen) atoms. The number of rotatable bonds is 5. The summed E-state index contributed by atoms with van der Waals surface area (Å²) in [6.07, 6.45) is 0. The molecule has 1 atom stereocenters. The summed E-state index contributed by atoms with van der Waals surface area (Å²) in [5, 5.41) is 11.0. The van der Waals surface area contributed by atoms with Crippen LogP contribution in [0.4, 0.5) is 0 Å². The maximum absolute atomic E-state index is 10.8. The van der Waals surface area contributed by atoms with E-state index in [2.05, 4.69) is 0 Å². The molecule has 0 bridgehead atoms. The van der Waals surface area contributed by atoms with Crippen molar-refractivity contribution in [2.75, 3.05) is 6.54 Å². The summed E-state index contributed by atoms with van der Waals surface area (Å²) in [4.78, 5) is 11.2. The highest BCUT2D eigenvalue weighted by Gasteiger charge is 2.12. The van der Waals surface area contributed by atoms with E-state index >= 15 is 0 Å². The second kappa shape index (κ2) is 5.38. The van der Waals surface area contributed by atoms with E-state index in [4.69, 9.17) is 10.8 Å². The molecule has 0 aliphatic carbocycles. The van der Waals surface area contributed by atoms with E-state index in [9.17, 15) is 4.79 Å². The standard InChI is InChI=1S/C9H13NO2S2/c1-6(4-10)14-5-7-2-3-13-8(7)9(11)12/h2-3,6H,4-5,10H2,1H3,(H,11,12). The predicted molar refractivity (Wildman–Crippen MR) is 61.1 cm³/mol. The van der Waals surface area contributed by atoms with Gasteiger partial charge in [-0.25, -0.2) is 4.79 Å². The fourth-order valence-corrected chi connectivity index (χ4v) is 2.63. The second-order valence-corrected chi connectivity index (χ2v) is 5.28. The van der Waals surface area contributed by atoms with Gasteiger partial charge in [-0.2, -0.15) is 11.8 Å². The molecule has 0 saturated carbocycles. The first kappa shape index (κ1) is 11.6. The first-order chi connectivity index (χ1) is 6.65. The third kappa shape index (κ3) is 3.01. The molecule has 3 N–H and O–H groups in total. The van der Waals surface area contributed by atoms with Gasteiger partial charge in [0.25, 0.3) is 0 Å². The molecule has 3 nitrogen and oxygen atoms in total. The summed E-state index contributed by atoms with van der Waals surface area (Å²) in [5.41, 5.74) is 6.37. The molecule has 0 aromatic carbocycles. The lowest BCUT2D eigenvalue weighted by molar-refractivity contribution is 0.0701. The van der Waals surface area contributed by atoms with Crippen LogP contribution >= 0.6 is 23.1 Å². The van der Waals surface area contributed by atoms with Gasteiger partial charge >= 0.3 is 5.97 Å². The minimum Gasteiger partial charge on any atom is -0.477 e. The van der Waals surface area contributed by atoms with Gasteiger partial charge < -0.3 is 10.8 Å². The zero-order valence-corrected chi connectivity index (χ0v) is 9.53. The van der Waals surface area contributed by atoms with E-state index in [1.54, 1.807) is 11.8 Å². The number of aromatic carboxylic acids is 1. The lowest BCUT2D eigenvalue weighted by Gasteiger charge is -2.07. The quantitative estimate of drug-likeness (QED) is 0.814. The summed E-state index contributed by atoms with van der Waals surface area (Å²) < 4.78 is 0. The topological polar surface area (TPSA) is 63.3 Å². The highest BCUT2D eigenvalue weighted by molar-refractivity contribution is 7.99. The van der Waals surface area contributed by atoms with Crippen LogP contribution in [0.25, 0.3) is 0 Å². The van der Waals surface area contributed by atoms with Crippen molar-refractivity contribution in [1.82, 2.24) is 0 Å². The van der Waals surface area contributed by atoms with Crippen LogP contribution in [0.5, 0.6) is 0 Å². The smallest absolute Gasteiger partial charge is 0.346 e. The van der Waals surface area contributed by atoms with Gasteiger partial charge in [0, 0.05) is 17.5 Å². The third-order valence-electron chi connectivity index (χ3n) is 1.80. The van der Waals surface area contributed by atoms with Gasteiger partial charge in [0.15, 0.2) is 0 Å². The van der Waals surface area contributed by atoms with E-state index in [-0.39, 0.29) is 0 Å². The Morgan fingerprint density at radius 1 is 1.79 bits per heavy atom. The third-order valence-corrected chi connectivity index (χ3v) is 3.98. The summed E-state index contributed by atoms with van der Waals surface area (Å²) in [6.45, 7) is 2.66. The molecule has 0 spiro atoms. The Kier molecular flexibility index (Phi) is 4.44. The van der Waals surface area contributed by atoms with E-state index in [1.807, 2.05) is 18.4 Å². The van der Waals surface area contributed by atoms with Crippen molar-refractivity contribution in [3.63, 3.8) is 0 Å². The highest BCUT2D eigenvalue weighted by Crippen LogP contribution is 2.23. The van der Waals surface area contributed by atoms with Gasteiger partial charge in [-0.15, -0.1) is 11.3 Å². The first-order valence-electron chi connectivity index (χ1n) is 4.26. The Morgan fingerprint density at radius 3 is 3.07 bits per heavy atom. The van der Waals surface area contributed by atoms with Gasteiger partial charge in [0.05, 0.1) is 0 Å². The van der Waals surface area contributed by atoms with Gasteiger partial charge in [0.2, 0.25) is 0 Å². The van der Waals surface area contributed by atoms with E-state index in [0.29, 0.717) is 16.7 Å². The molecule has 1 aromatic rings.